The average molecular weight is 348 g/mol. The third-order valence-corrected chi connectivity index (χ3v) is 6.13. The molecule has 1 aliphatic heterocycles. The smallest absolute Gasteiger partial charge is 0.224 e. The fourth-order valence-corrected chi connectivity index (χ4v) is 4.93. The molecule has 2 aliphatic carbocycles. The topological polar surface area (TPSA) is 68.3 Å². The maximum absolute atomic E-state index is 12.7. The molecule has 2 saturated carbocycles. The summed E-state index contributed by atoms with van der Waals surface area (Å²) in [6, 6.07) is 11.2. The molecule has 0 unspecified atom stereocenters. The molecular weight excluding hydrogens is 328 g/mol. The standard InChI is InChI=1S/C21H20N2O3/c24-16-10-21(26-17-6-2-1-5-14(16)17)8-7-15-18(19(15)21)20(25)23-12-13-4-3-9-22-11-13/h1-6,9,11,15,18-19H,7-8,10,12H2,(H,23,25)/t15-,18+,19+,21+/m1/s1. The number of amides is 1. The van der Waals surface area contributed by atoms with Gasteiger partial charge in [-0.3, -0.25) is 14.6 Å². The van der Waals surface area contributed by atoms with Gasteiger partial charge in [0, 0.05) is 30.8 Å². The van der Waals surface area contributed by atoms with Crippen LogP contribution in [0.5, 0.6) is 5.75 Å². The molecule has 0 bridgehead atoms. The number of Topliss-reactive ketones (excluding diaryl/α,β-unsaturated/α-hetero) is 1. The number of hydrogen-bond donors (Lipinski definition) is 1. The van der Waals surface area contributed by atoms with Crippen LogP contribution in [0.4, 0.5) is 0 Å². The van der Waals surface area contributed by atoms with E-state index in [1.807, 2.05) is 36.4 Å². The van der Waals surface area contributed by atoms with E-state index >= 15 is 0 Å². The summed E-state index contributed by atoms with van der Waals surface area (Å²) in [6.45, 7) is 0.484. The van der Waals surface area contributed by atoms with Crippen LogP contribution >= 0.6 is 0 Å². The third-order valence-electron chi connectivity index (χ3n) is 6.13. The number of carbonyl (C=O) groups is 2. The first kappa shape index (κ1) is 15.6. The number of rotatable bonds is 3. The minimum Gasteiger partial charge on any atom is -0.486 e. The lowest BCUT2D eigenvalue weighted by Crippen LogP contribution is -2.44. The van der Waals surface area contributed by atoms with E-state index < -0.39 is 5.60 Å². The molecule has 26 heavy (non-hydrogen) atoms. The van der Waals surface area contributed by atoms with Crippen LogP contribution in [0.15, 0.2) is 48.8 Å². The van der Waals surface area contributed by atoms with E-state index in [1.54, 1.807) is 12.4 Å². The normalized spacial score (nSPS) is 31.1. The molecule has 0 saturated heterocycles. The van der Waals surface area contributed by atoms with Gasteiger partial charge in [0.15, 0.2) is 5.78 Å². The maximum Gasteiger partial charge on any atom is 0.224 e. The van der Waals surface area contributed by atoms with E-state index in [9.17, 15) is 9.59 Å². The zero-order valence-electron chi connectivity index (χ0n) is 14.4. The zero-order chi connectivity index (χ0) is 17.7. The van der Waals surface area contributed by atoms with Crippen molar-refractivity contribution in [3.05, 3.63) is 59.9 Å². The fraction of sp³-hybridized carbons (Fsp3) is 0.381. The van der Waals surface area contributed by atoms with Crippen molar-refractivity contribution < 1.29 is 14.3 Å². The van der Waals surface area contributed by atoms with Gasteiger partial charge < -0.3 is 10.1 Å². The van der Waals surface area contributed by atoms with Gasteiger partial charge >= 0.3 is 0 Å². The predicted molar refractivity (Wildman–Crippen MR) is 94.5 cm³/mol. The number of nitrogens with zero attached hydrogens (tertiary/aromatic N) is 1. The Kier molecular flexibility index (Phi) is 3.39. The Labute approximate surface area is 151 Å². The number of carbonyl (C=O) groups excluding carboxylic acids is 2. The summed E-state index contributed by atoms with van der Waals surface area (Å²) in [5.41, 5.74) is 1.16. The zero-order valence-corrected chi connectivity index (χ0v) is 14.4. The van der Waals surface area contributed by atoms with Crippen LogP contribution in [0.3, 0.4) is 0 Å². The average Bonchev–Trinajstić information content (AvgIpc) is 3.32. The van der Waals surface area contributed by atoms with Crippen LogP contribution in [0, 0.1) is 17.8 Å². The van der Waals surface area contributed by atoms with Crippen molar-refractivity contribution in [3.63, 3.8) is 0 Å². The Hall–Kier alpha value is -2.69. The van der Waals surface area contributed by atoms with Crippen LogP contribution in [0.25, 0.3) is 0 Å². The summed E-state index contributed by atoms with van der Waals surface area (Å²) in [7, 11) is 0. The van der Waals surface area contributed by atoms with Crippen molar-refractivity contribution in [2.45, 2.75) is 31.4 Å². The van der Waals surface area contributed by atoms with E-state index in [1.165, 1.54) is 0 Å². The van der Waals surface area contributed by atoms with Crippen LogP contribution in [-0.2, 0) is 11.3 Å². The monoisotopic (exact) mass is 348 g/mol. The Morgan fingerprint density at radius 3 is 3.00 bits per heavy atom. The molecule has 5 nitrogen and oxygen atoms in total. The molecule has 1 amide bonds. The number of pyridine rings is 1. The van der Waals surface area contributed by atoms with Crippen LogP contribution < -0.4 is 10.1 Å². The lowest BCUT2D eigenvalue weighted by atomic mass is 9.84. The number of benzene rings is 1. The molecule has 0 radical (unpaired) electrons. The first-order valence-electron chi connectivity index (χ1n) is 9.16. The minimum atomic E-state index is -0.494. The molecule has 2 aromatic rings. The number of aromatic nitrogens is 1. The summed E-state index contributed by atoms with van der Waals surface area (Å²) in [4.78, 5) is 29.4. The highest BCUT2D eigenvalue weighted by Crippen LogP contribution is 2.65. The maximum atomic E-state index is 12.7. The Morgan fingerprint density at radius 1 is 1.27 bits per heavy atom. The van der Waals surface area contributed by atoms with Gasteiger partial charge in [-0.05, 0) is 42.5 Å². The number of hydrogen-bond acceptors (Lipinski definition) is 4. The second-order valence-corrected chi connectivity index (χ2v) is 7.60. The first-order valence-corrected chi connectivity index (χ1v) is 9.16. The number of nitrogens with one attached hydrogen (secondary N) is 1. The Bertz CT molecular complexity index is 882. The lowest BCUT2D eigenvalue weighted by molar-refractivity contribution is -0.124. The van der Waals surface area contributed by atoms with Gasteiger partial charge in [0.25, 0.3) is 0 Å². The summed E-state index contributed by atoms with van der Waals surface area (Å²) in [6.07, 6.45) is 5.67. The lowest BCUT2D eigenvalue weighted by Gasteiger charge is -2.37. The van der Waals surface area contributed by atoms with Crippen LogP contribution in [-0.4, -0.2) is 22.3 Å². The molecule has 1 N–H and O–H groups in total. The second kappa shape index (κ2) is 5.66. The molecule has 5 heteroatoms. The second-order valence-electron chi connectivity index (χ2n) is 7.60. The summed E-state index contributed by atoms with van der Waals surface area (Å²) >= 11 is 0. The molecule has 1 aromatic carbocycles. The van der Waals surface area contributed by atoms with Crippen molar-refractivity contribution in [1.29, 1.82) is 0 Å². The number of ketones is 1. The van der Waals surface area contributed by atoms with E-state index in [0.29, 0.717) is 30.2 Å². The Morgan fingerprint density at radius 2 is 2.15 bits per heavy atom. The van der Waals surface area contributed by atoms with E-state index in [0.717, 1.165) is 18.4 Å². The highest BCUT2D eigenvalue weighted by atomic mass is 16.5. The summed E-state index contributed by atoms with van der Waals surface area (Å²) < 4.78 is 6.34. The van der Waals surface area contributed by atoms with E-state index in [4.69, 9.17) is 4.74 Å². The van der Waals surface area contributed by atoms with Gasteiger partial charge in [-0.15, -0.1) is 0 Å². The van der Waals surface area contributed by atoms with Crippen molar-refractivity contribution in [2.75, 3.05) is 0 Å². The van der Waals surface area contributed by atoms with Gasteiger partial charge in [0.1, 0.15) is 11.4 Å². The van der Waals surface area contributed by atoms with Crippen molar-refractivity contribution in [1.82, 2.24) is 10.3 Å². The SMILES string of the molecule is O=C1C[C@]2(CC[C@@H]3[C@H](C(=O)NCc4cccnc4)[C@H]32)Oc2ccccc21. The van der Waals surface area contributed by atoms with Gasteiger partial charge in [-0.1, -0.05) is 18.2 Å². The molecule has 2 fully saturated rings. The van der Waals surface area contributed by atoms with Gasteiger partial charge in [0.2, 0.25) is 5.91 Å². The van der Waals surface area contributed by atoms with E-state index in [2.05, 4.69) is 10.3 Å². The molecule has 3 aliphatic rings. The van der Waals surface area contributed by atoms with Crippen molar-refractivity contribution in [2.24, 2.45) is 17.8 Å². The molecule has 4 atom stereocenters. The number of fused-ring (bicyclic) bond motifs is 3. The van der Waals surface area contributed by atoms with Crippen molar-refractivity contribution in [3.8, 4) is 5.75 Å². The van der Waals surface area contributed by atoms with E-state index in [-0.39, 0.29) is 23.5 Å². The number of para-hydroxylation sites is 1. The summed E-state index contributed by atoms with van der Waals surface area (Å²) in [5.74, 6) is 1.31. The molecule has 1 aromatic heterocycles. The van der Waals surface area contributed by atoms with Gasteiger partial charge in [-0.2, -0.15) is 0 Å². The predicted octanol–water partition coefficient (Wildman–Crippen LogP) is 2.76. The fourth-order valence-electron chi connectivity index (χ4n) is 4.93. The summed E-state index contributed by atoms with van der Waals surface area (Å²) in [5, 5.41) is 3.02. The molecule has 2 heterocycles. The molecular formula is C21H20N2O3. The molecule has 5 rings (SSSR count). The van der Waals surface area contributed by atoms with Crippen LogP contribution in [0.2, 0.25) is 0 Å². The van der Waals surface area contributed by atoms with Crippen LogP contribution in [0.1, 0.15) is 35.2 Å². The first-order chi connectivity index (χ1) is 12.7. The minimum absolute atomic E-state index is 0.0431. The quantitative estimate of drug-likeness (QED) is 0.926. The van der Waals surface area contributed by atoms with Gasteiger partial charge in [0.05, 0.1) is 12.0 Å². The Balaban J connectivity index is 1.31. The highest BCUT2D eigenvalue weighted by molar-refractivity contribution is 6.00. The largest absolute Gasteiger partial charge is 0.486 e. The highest BCUT2D eigenvalue weighted by Gasteiger charge is 2.70. The van der Waals surface area contributed by atoms with Gasteiger partial charge in [-0.25, -0.2) is 0 Å². The molecule has 1 spiro atoms. The number of ether oxygens (including phenoxy) is 1. The molecule has 132 valence electrons. The van der Waals surface area contributed by atoms with Crippen molar-refractivity contribution >= 4 is 11.7 Å². The third kappa shape index (κ3) is 2.34.